The van der Waals surface area contributed by atoms with Crippen LogP contribution < -0.4 is 11.1 Å². The van der Waals surface area contributed by atoms with E-state index in [1.54, 1.807) is 12.1 Å². The van der Waals surface area contributed by atoms with Gasteiger partial charge in [0, 0.05) is 12.1 Å². The lowest BCUT2D eigenvalue weighted by atomic mass is 10.3. The molecule has 0 radical (unpaired) electrons. The third kappa shape index (κ3) is 2.23. The largest absolute Gasteiger partial charge is 0.384 e. The lowest BCUT2D eigenvalue weighted by molar-refractivity contribution is 0.977. The topological polar surface area (TPSA) is 63.8 Å². The molecule has 1 atom stereocenters. The summed E-state index contributed by atoms with van der Waals surface area (Å²) in [5.74, 6) is 1.18. The number of anilines is 2. The third-order valence-electron chi connectivity index (χ3n) is 1.42. The summed E-state index contributed by atoms with van der Waals surface area (Å²) < 4.78 is 0. The maximum absolute atomic E-state index is 5.46. The highest BCUT2D eigenvalue weighted by Crippen LogP contribution is 2.06. The second kappa shape index (κ2) is 3.71. The predicted octanol–water partition coefficient (Wildman–Crippen LogP) is 1.05. The Morgan fingerprint density at radius 2 is 2.42 bits per heavy atom. The molecule has 3 N–H and O–H groups in total. The van der Waals surface area contributed by atoms with E-state index in [1.807, 2.05) is 6.92 Å². The van der Waals surface area contributed by atoms with Crippen LogP contribution in [0.2, 0.25) is 0 Å². The van der Waals surface area contributed by atoms with Crippen LogP contribution in [0.4, 0.5) is 11.6 Å². The van der Waals surface area contributed by atoms with Crippen molar-refractivity contribution < 1.29 is 0 Å². The maximum atomic E-state index is 5.46. The zero-order valence-corrected chi connectivity index (χ0v) is 6.99. The van der Waals surface area contributed by atoms with E-state index >= 15 is 0 Å². The number of nitrogens with one attached hydrogen (secondary N) is 1. The van der Waals surface area contributed by atoms with Crippen LogP contribution in [-0.2, 0) is 0 Å². The zero-order valence-electron chi connectivity index (χ0n) is 6.99. The molecule has 0 bridgehead atoms. The Bertz CT molecular complexity index is 272. The van der Waals surface area contributed by atoms with Crippen LogP contribution in [0.15, 0.2) is 25.0 Å². The molecule has 1 heterocycles. The minimum absolute atomic E-state index is 0.180. The van der Waals surface area contributed by atoms with Crippen LogP contribution >= 0.6 is 0 Å². The quantitative estimate of drug-likeness (QED) is 0.655. The van der Waals surface area contributed by atoms with Gasteiger partial charge < -0.3 is 11.1 Å². The van der Waals surface area contributed by atoms with E-state index in [0.29, 0.717) is 5.82 Å². The van der Waals surface area contributed by atoms with E-state index in [1.165, 1.54) is 6.33 Å². The summed E-state index contributed by atoms with van der Waals surface area (Å²) in [4.78, 5) is 7.75. The van der Waals surface area contributed by atoms with E-state index in [-0.39, 0.29) is 6.04 Å². The lowest BCUT2D eigenvalue weighted by Crippen LogP contribution is -2.12. The molecule has 4 heteroatoms. The summed E-state index contributed by atoms with van der Waals surface area (Å²) in [6.45, 7) is 5.62. The van der Waals surface area contributed by atoms with E-state index in [0.717, 1.165) is 5.82 Å². The Labute approximate surface area is 71.5 Å². The number of rotatable bonds is 3. The van der Waals surface area contributed by atoms with Crippen molar-refractivity contribution in [3.8, 4) is 0 Å². The Hall–Kier alpha value is -1.58. The summed E-state index contributed by atoms with van der Waals surface area (Å²) in [6.07, 6.45) is 3.21. The van der Waals surface area contributed by atoms with E-state index in [4.69, 9.17) is 5.73 Å². The molecule has 0 aliphatic carbocycles. The van der Waals surface area contributed by atoms with Crippen LogP contribution in [-0.4, -0.2) is 16.0 Å². The predicted molar refractivity (Wildman–Crippen MR) is 49.7 cm³/mol. The van der Waals surface area contributed by atoms with Crippen LogP contribution in [0.3, 0.4) is 0 Å². The maximum Gasteiger partial charge on any atom is 0.131 e. The molecule has 1 aromatic heterocycles. The van der Waals surface area contributed by atoms with Gasteiger partial charge in [-0.25, -0.2) is 9.97 Å². The van der Waals surface area contributed by atoms with E-state index in [2.05, 4.69) is 21.9 Å². The van der Waals surface area contributed by atoms with Crippen molar-refractivity contribution >= 4 is 11.6 Å². The van der Waals surface area contributed by atoms with Crippen molar-refractivity contribution in [2.45, 2.75) is 13.0 Å². The Kier molecular flexibility index (Phi) is 2.63. The zero-order chi connectivity index (χ0) is 8.97. The van der Waals surface area contributed by atoms with Gasteiger partial charge in [-0.15, -0.1) is 6.58 Å². The van der Waals surface area contributed by atoms with Gasteiger partial charge in [-0.05, 0) is 6.92 Å². The molecule has 1 rings (SSSR count). The third-order valence-corrected chi connectivity index (χ3v) is 1.42. The highest BCUT2D eigenvalue weighted by Gasteiger charge is 1.97. The van der Waals surface area contributed by atoms with Gasteiger partial charge in [-0.3, -0.25) is 0 Å². The molecule has 0 aromatic carbocycles. The number of aromatic nitrogens is 2. The highest BCUT2D eigenvalue weighted by atomic mass is 15.0. The Morgan fingerprint density at radius 3 is 3.00 bits per heavy atom. The smallest absolute Gasteiger partial charge is 0.131 e. The minimum atomic E-state index is 0.180. The molecule has 1 aromatic rings. The van der Waals surface area contributed by atoms with Gasteiger partial charge in [0.15, 0.2) is 0 Å². The van der Waals surface area contributed by atoms with Crippen molar-refractivity contribution in [1.29, 1.82) is 0 Å². The van der Waals surface area contributed by atoms with Crippen molar-refractivity contribution in [1.82, 2.24) is 9.97 Å². The van der Waals surface area contributed by atoms with Crippen molar-refractivity contribution in [3.05, 3.63) is 25.0 Å². The van der Waals surface area contributed by atoms with Gasteiger partial charge in [0.05, 0.1) is 0 Å². The molecule has 1 unspecified atom stereocenters. The van der Waals surface area contributed by atoms with Crippen LogP contribution in [0.5, 0.6) is 0 Å². The summed E-state index contributed by atoms with van der Waals surface area (Å²) >= 11 is 0. The fourth-order valence-corrected chi connectivity index (χ4v) is 0.743. The first-order chi connectivity index (χ1) is 5.72. The van der Waals surface area contributed by atoms with Gasteiger partial charge in [0.2, 0.25) is 0 Å². The molecule has 0 fully saturated rings. The van der Waals surface area contributed by atoms with E-state index in [9.17, 15) is 0 Å². The first kappa shape index (κ1) is 8.52. The average molecular weight is 164 g/mol. The standard InChI is InChI=1S/C8H12N4/c1-3-6(2)12-8-4-7(9)10-5-11-8/h3-6H,1H2,2H3,(H3,9,10,11,12). The second-order valence-electron chi connectivity index (χ2n) is 2.50. The molecular weight excluding hydrogens is 152 g/mol. The van der Waals surface area contributed by atoms with Crippen LogP contribution in [0.25, 0.3) is 0 Å². The van der Waals surface area contributed by atoms with Crippen LogP contribution in [0.1, 0.15) is 6.92 Å². The number of nitrogen functional groups attached to an aromatic ring is 1. The summed E-state index contributed by atoms with van der Waals surface area (Å²) in [7, 11) is 0. The monoisotopic (exact) mass is 164 g/mol. The SMILES string of the molecule is C=CC(C)Nc1cc(N)ncn1. The van der Waals surface area contributed by atoms with Crippen LogP contribution in [0, 0.1) is 0 Å². The summed E-state index contributed by atoms with van der Waals surface area (Å²) in [6, 6.07) is 1.86. The first-order valence-electron chi connectivity index (χ1n) is 3.69. The number of hydrogen-bond donors (Lipinski definition) is 2. The van der Waals surface area contributed by atoms with E-state index < -0.39 is 0 Å². The van der Waals surface area contributed by atoms with Gasteiger partial charge >= 0.3 is 0 Å². The molecule has 64 valence electrons. The molecule has 0 aliphatic heterocycles. The van der Waals surface area contributed by atoms with Crippen molar-refractivity contribution in [2.24, 2.45) is 0 Å². The normalized spacial score (nSPS) is 12.1. The fourth-order valence-electron chi connectivity index (χ4n) is 0.743. The molecule has 0 saturated carbocycles. The van der Waals surface area contributed by atoms with Gasteiger partial charge in [-0.1, -0.05) is 6.08 Å². The molecule has 0 amide bonds. The first-order valence-corrected chi connectivity index (χ1v) is 3.69. The molecule has 0 aliphatic rings. The van der Waals surface area contributed by atoms with Gasteiger partial charge in [0.1, 0.15) is 18.0 Å². The highest BCUT2D eigenvalue weighted by molar-refractivity contribution is 5.44. The number of nitrogens with zero attached hydrogens (tertiary/aromatic N) is 2. The number of nitrogens with two attached hydrogens (primary N) is 1. The van der Waals surface area contributed by atoms with Crippen molar-refractivity contribution in [2.75, 3.05) is 11.1 Å². The van der Waals surface area contributed by atoms with Crippen molar-refractivity contribution in [3.63, 3.8) is 0 Å². The molecular formula is C8H12N4. The minimum Gasteiger partial charge on any atom is -0.384 e. The Balaban J connectivity index is 2.69. The van der Waals surface area contributed by atoms with Gasteiger partial charge in [0.25, 0.3) is 0 Å². The second-order valence-corrected chi connectivity index (χ2v) is 2.50. The summed E-state index contributed by atoms with van der Waals surface area (Å²) in [5.41, 5.74) is 5.46. The molecule has 12 heavy (non-hydrogen) atoms. The molecule has 0 spiro atoms. The van der Waals surface area contributed by atoms with Gasteiger partial charge in [-0.2, -0.15) is 0 Å². The Morgan fingerprint density at radius 1 is 1.67 bits per heavy atom. The molecule has 4 nitrogen and oxygen atoms in total. The average Bonchev–Trinajstić information content (AvgIpc) is 2.04. The lowest BCUT2D eigenvalue weighted by Gasteiger charge is -2.08. The fraction of sp³-hybridized carbons (Fsp3) is 0.250. The number of hydrogen-bond acceptors (Lipinski definition) is 4. The molecule has 0 saturated heterocycles. The summed E-state index contributed by atoms with van der Waals surface area (Å²) in [5, 5.41) is 3.08.